The molecule has 0 unspecified atom stereocenters. The summed E-state index contributed by atoms with van der Waals surface area (Å²) in [5.41, 5.74) is 8.65. The molecule has 0 saturated carbocycles. The largest absolute Gasteiger partial charge is 0.352 e. The van der Waals surface area contributed by atoms with Crippen molar-refractivity contribution in [1.29, 1.82) is 0 Å². The Hall–Kier alpha value is -4.37. The molecule has 184 valence electrons. The first kappa shape index (κ1) is 21.9. The molecular weight excluding hydrogens is 462 g/mol. The fourth-order valence-corrected chi connectivity index (χ4v) is 5.29. The first-order valence-corrected chi connectivity index (χ1v) is 12.7. The molecule has 0 radical (unpaired) electrons. The van der Waals surface area contributed by atoms with E-state index in [1.807, 2.05) is 55.0 Å². The molecule has 0 atom stereocenters. The predicted molar refractivity (Wildman–Crippen MR) is 143 cm³/mol. The van der Waals surface area contributed by atoms with E-state index in [4.69, 9.17) is 4.98 Å². The molecule has 0 amide bonds. The van der Waals surface area contributed by atoms with Gasteiger partial charge in [0.25, 0.3) is 0 Å². The second-order valence-corrected chi connectivity index (χ2v) is 9.83. The quantitative estimate of drug-likeness (QED) is 0.351. The normalized spacial score (nSPS) is 14.6. The van der Waals surface area contributed by atoms with Crippen molar-refractivity contribution in [3.05, 3.63) is 73.0 Å². The Labute approximate surface area is 213 Å². The number of fused-ring (bicyclic) bond motifs is 2. The molecule has 1 saturated heterocycles. The van der Waals surface area contributed by atoms with E-state index in [0.717, 1.165) is 75.5 Å². The van der Waals surface area contributed by atoms with E-state index in [1.54, 1.807) is 0 Å². The van der Waals surface area contributed by atoms with Crippen LogP contribution in [0.3, 0.4) is 0 Å². The van der Waals surface area contributed by atoms with E-state index < -0.39 is 0 Å². The van der Waals surface area contributed by atoms with Crippen LogP contribution in [-0.2, 0) is 6.54 Å². The van der Waals surface area contributed by atoms with Crippen LogP contribution in [-0.4, -0.2) is 57.7 Å². The number of pyridine rings is 3. The van der Waals surface area contributed by atoms with Crippen LogP contribution < -0.4 is 0 Å². The molecule has 7 heterocycles. The number of likely N-dealkylation sites (tertiary alicyclic amines) is 1. The Bertz CT molecular complexity index is 1720. The summed E-state index contributed by atoms with van der Waals surface area (Å²) in [6.07, 6.45) is 17.1. The first-order valence-electron chi connectivity index (χ1n) is 12.7. The molecule has 7 rings (SSSR count). The minimum Gasteiger partial charge on any atom is -0.352 e. The summed E-state index contributed by atoms with van der Waals surface area (Å²) in [7, 11) is 0. The number of nitrogens with zero attached hydrogens (tertiary/aromatic N) is 7. The molecule has 1 fully saturated rings. The number of aromatic nitrogens is 8. The van der Waals surface area contributed by atoms with Gasteiger partial charge in [-0.15, -0.1) is 0 Å². The van der Waals surface area contributed by atoms with Crippen LogP contribution in [0.25, 0.3) is 50.1 Å². The van der Waals surface area contributed by atoms with Crippen LogP contribution >= 0.6 is 0 Å². The summed E-state index contributed by atoms with van der Waals surface area (Å²) in [5, 5.41) is 9.84. The lowest BCUT2D eigenvalue weighted by atomic mass is 10.1. The van der Waals surface area contributed by atoms with Crippen LogP contribution in [0.2, 0.25) is 0 Å². The van der Waals surface area contributed by atoms with Crippen molar-refractivity contribution in [2.45, 2.75) is 32.7 Å². The number of imidazole rings is 1. The molecule has 6 aromatic rings. The van der Waals surface area contributed by atoms with Crippen molar-refractivity contribution >= 4 is 21.8 Å². The summed E-state index contributed by atoms with van der Waals surface area (Å²) < 4.78 is 2.00. The van der Waals surface area contributed by atoms with Gasteiger partial charge in [0.2, 0.25) is 0 Å². The zero-order chi connectivity index (χ0) is 24.8. The molecule has 0 bridgehead atoms. The number of rotatable bonds is 5. The minimum absolute atomic E-state index is 0.847. The molecule has 6 aromatic heterocycles. The van der Waals surface area contributed by atoms with Crippen LogP contribution in [0, 0.1) is 6.92 Å². The summed E-state index contributed by atoms with van der Waals surface area (Å²) in [5.74, 6) is 0. The molecule has 37 heavy (non-hydrogen) atoms. The molecule has 9 nitrogen and oxygen atoms in total. The Morgan fingerprint density at radius 3 is 2.62 bits per heavy atom. The number of hydrogen-bond acceptors (Lipinski definition) is 6. The molecule has 2 N–H and O–H groups in total. The van der Waals surface area contributed by atoms with Crippen molar-refractivity contribution in [2.75, 3.05) is 13.1 Å². The van der Waals surface area contributed by atoms with Crippen molar-refractivity contribution < 1.29 is 0 Å². The number of aromatic amines is 2. The summed E-state index contributed by atoms with van der Waals surface area (Å²) >= 11 is 0. The van der Waals surface area contributed by atoms with Gasteiger partial charge >= 0.3 is 0 Å². The van der Waals surface area contributed by atoms with Gasteiger partial charge in [-0.25, -0.2) is 4.98 Å². The number of H-pyrrole nitrogens is 2. The second kappa shape index (κ2) is 8.94. The van der Waals surface area contributed by atoms with Gasteiger partial charge in [-0.3, -0.25) is 25.0 Å². The lowest BCUT2D eigenvalue weighted by Gasteiger charge is -2.26. The Morgan fingerprint density at radius 2 is 1.76 bits per heavy atom. The maximum atomic E-state index is 4.72. The van der Waals surface area contributed by atoms with E-state index in [-0.39, 0.29) is 0 Å². The molecule has 0 aliphatic carbocycles. The second-order valence-electron chi connectivity index (χ2n) is 9.83. The number of piperidine rings is 1. The maximum absolute atomic E-state index is 4.72. The van der Waals surface area contributed by atoms with Crippen molar-refractivity contribution in [3.63, 3.8) is 0 Å². The number of hydrogen-bond donors (Lipinski definition) is 2. The van der Waals surface area contributed by atoms with Gasteiger partial charge in [-0.2, -0.15) is 5.10 Å². The van der Waals surface area contributed by atoms with Crippen LogP contribution in [0.5, 0.6) is 0 Å². The lowest BCUT2D eigenvalue weighted by Crippen LogP contribution is -2.29. The van der Waals surface area contributed by atoms with Crippen LogP contribution in [0.1, 0.15) is 30.5 Å². The van der Waals surface area contributed by atoms with Crippen LogP contribution in [0.15, 0.2) is 61.7 Å². The number of aryl methyl sites for hydroxylation is 1. The summed E-state index contributed by atoms with van der Waals surface area (Å²) in [6.45, 7) is 5.24. The average molecular weight is 490 g/mol. The molecule has 0 aromatic carbocycles. The smallest absolute Gasteiger partial charge is 0.116 e. The van der Waals surface area contributed by atoms with E-state index in [0.29, 0.717) is 0 Å². The molecule has 1 aliphatic rings. The van der Waals surface area contributed by atoms with Crippen molar-refractivity contribution in [3.8, 4) is 28.3 Å². The SMILES string of the molecule is Cc1cn(-c2cncc3[nH]c(-c4n[nH]c5cnc(-c6cncc(CN7CCCCC7)c6)cc45)cc23)cn1. The Kier molecular flexibility index (Phi) is 5.28. The first-order chi connectivity index (χ1) is 18.2. The highest BCUT2D eigenvalue weighted by atomic mass is 15.1. The molecule has 1 aliphatic heterocycles. The maximum Gasteiger partial charge on any atom is 0.116 e. The molecular formula is C28H27N9. The monoisotopic (exact) mass is 489 g/mol. The minimum atomic E-state index is 0.847. The predicted octanol–water partition coefficient (Wildman–Crippen LogP) is 5.04. The number of nitrogens with one attached hydrogen (secondary N) is 2. The van der Waals surface area contributed by atoms with Gasteiger partial charge in [-0.1, -0.05) is 6.42 Å². The van der Waals surface area contributed by atoms with Gasteiger partial charge in [0.05, 0.1) is 58.7 Å². The molecule has 9 heteroatoms. The third-order valence-electron chi connectivity index (χ3n) is 7.16. The van der Waals surface area contributed by atoms with E-state index >= 15 is 0 Å². The van der Waals surface area contributed by atoms with E-state index in [1.165, 1.54) is 24.8 Å². The summed E-state index contributed by atoms with van der Waals surface area (Å²) in [4.78, 5) is 24.1. The topological polar surface area (TPSA) is 104 Å². The Morgan fingerprint density at radius 1 is 0.865 bits per heavy atom. The third-order valence-corrected chi connectivity index (χ3v) is 7.16. The highest BCUT2D eigenvalue weighted by Crippen LogP contribution is 2.32. The van der Waals surface area contributed by atoms with Gasteiger partial charge < -0.3 is 9.55 Å². The van der Waals surface area contributed by atoms with Gasteiger partial charge in [0.15, 0.2) is 0 Å². The fraction of sp³-hybridized carbons (Fsp3) is 0.250. The standard InChI is InChI=1S/C28H27N9/c1-18-15-37(17-32-18)27-14-30-12-25-21(27)8-24(33-25)28-22-9-23(31-13-26(22)34-35-28)20-7-19(10-29-11-20)16-36-5-3-2-4-6-36/h7-15,17,33H,2-6,16H2,1H3,(H,34,35). The van der Waals surface area contributed by atoms with Crippen LogP contribution in [0.4, 0.5) is 0 Å². The molecule has 0 spiro atoms. The van der Waals surface area contributed by atoms with Gasteiger partial charge in [0.1, 0.15) is 5.69 Å². The van der Waals surface area contributed by atoms with Crippen molar-refractivity contribution in [2.24, 2.45) is 0 Å². The fourth-order valence-electron chi connectivity index (χ4n) is 5.29. The zero-order valence-corrected chi connectivity index (χ0v) is 20.6. The summed E-state index contributed by atoms with van der Waals surface area (Å²) in [6, 6.07) is 6.43. The van der Waals surface area contributed by atoms with Gasteiger partial charge in [-0.05, 0) is 56.6 Å². The van der Waals surface area contributed by atoms with E-state index in [9.17, 15) is 0 Å². The van der Waals surface area contributed by atoms with Gasteiger partial charge in [0, 0.05) is 41.5 Å². The highest BCUT2D eigenvalue weighted by Gasteiger charge is 2.16. The zero-order valence-electron chi connectivity index (χ0n) is 20.6. The average Bonchev–Trinajstić information content (AvgIpc) is 3.66. The lowest BCUT2D eigenvalue weighted by molar-refractivity contribution is 0.220. The third kappa shape index (κ3) is 4.07. The highest BCUT2D eigenvalue weighted by molar-refractivity contribution is 5.98. The van der Waals surface area contributed by atoms with E-state index in [2.05, 4.69) is 53.2 Å². The van der Waals surface area contributed by atoms with Crippen molar-refractivity contribution in [1.82, 2.24) is 44.6 Å². The Balaban J connectivity index is 1.26.